The van der Waals surface area contributed by atoms with Crippen molar-refractivity contribution in [1.82, 2.24) is 0 Å². The maximum absolute atomic E-state index is 9.57. The zero-order chi connectivity index (χ0) is 13.9. The first-order chi connectivity index (χ1) is 8.12. The third-order valence-electron chi connectivity index (χ3n) is 0.816. The predicted octanol–water partition coefficient (Wildman–Crippen LogP) is -8.89. The minimum absolute atomic E-state index is 0. The predicted molar refractivity (Wildman–Crippen MR) is 27.0 cm³/mol. The van der Waals surface area contributed by atoms with E-state index in [1.807, 2.05) is 0 Å². The molecule has 0 aliphatic carbocycles. The van der Waals surface area contributed by atoms with Crippen molar-refractivity contribution in [3.8, 4) is 0 Å². The van der Waals surface area contributed by atoms with Gasteiger partial charge in [0.05, 0.1) is 0 Å². The molecule has 0 aromatic rings. The molecule has 0 amide bonds. The topological polar surface area (TPSA) is 221 Å². The molecule has 0 saturated carbocycles. The fourth-order valence-corrected chi connectivity index (χ4v) is 0.806. The van der Waals surface area contributed by atoms with Crippen LogP contribution in [0.15, 0.2) is 0 Å². The Bertz CT molecular complexity index is 207. The van der Waals surface area contributed by atoms with Crippen molar-refractivity contribution < 1.29 is 141 Å². The number of rotatable bonds is 0. The second-order valence-corrected chi connectivity index (χ2v) is 6.20. The van der Waals surface area contributed by atoms with Crippen LogP contribution in [-0.4, -0.2) is 27.1 Å². The van der Waals surface area contributed by atoms with Gasteiger partial charge in [-0.25, -0.2) is 0 Å². The number of hydrogen-bond acceptors (Lipinski definition) is 15. The van der Waals surface area contributed by atoms with Gasteiger partial charge in [-0.15, -0.1) is 0 Å². The Morgan fingerprint density at radius 1 is 0.450 bits per heavy atom. The molecule has 0 unspecified atom stereocenters. The summed E-state index contributed by atoms with van der Waals surface area (Å²) >= 11 is 0. The SMILES string of the molecule is [Lu+3].[O-][Si]1([O-])OOO1.[O-][Si]1([O-])OOO1.[O-][Si]1([O-])OOO1.[Y+3]. The van der Waals surface area contributed by atoms with Crippen LogP contribution in [0.2, 0.25) is 0 Å². The second-order valence-electron chi connectivity index (χ2n) is 2.20. The molecule has 120 valence electrons. The molecule has 20 heavy (non-hydrogen) atoms. The van der Waals surface area contributed by atoms with Gasteiger partial charge in [-0.3, -0.25) is 27.5 Å². The van der Waals surface area contributed by atoms with E-state index in [1.54, 1.807) is 0 Å². The van der Waals surface area contributed by atoms with Gasteiger partial charge < -0.3 is 28.8 Å². The summed E-state index contributed by atoms with van der Waals surface area (Å²) in [7, 11) is -12.5. The molecule has 0 spiro atoms. The monoisotopic (exact) mass is 588 g/mol. The van der Waals surface area contributed by atoms with Crippen molar-refractivity contribution in [3.63, 3.8) is 0 Å². The van der Waals surface area contributed by atoms with Crippen LogP contribution in [0.3, 0.4) is 0 Å². The molecule has 0 bridgehead atoms. The smallest absolute Gasteiger partial charge is 0.824 e. The van der Waals surface area contributed by atoms with E-state index in [9.17, 15) is 28.8 Å². The molecule has 0 aromatic heterocycles. The van der Waals surface area contributed by atoms with Gasteiger partial charge in [0.25, 0.3) is 27.1 Å². The van der Waals surface area contributed by atoms with E-state index >= 15 is 0 Å². The molecule has 15 nitrogen and oxygen atoms in total. The summed E-state index contributed by atoms with van der Waals surface area (Å²) in [4.78, 5) is 57.4. The van der Waals surface area contributed by atoms with Gasteiger partial charge in [0.15, 0.2) is 0 Å². The standard InChI is InChI=1S/Lu.3O5Si.Y/c;3*1-6(2)4-3-5-6;/q+3;3*-2;+3. The summed E-state index contributed by atoms with van der Waals surface area (Å²) in [5.41, 5.74) is 0. The summed E-state index contributed by atoms with van der Waals surface area (Å²) < 4.78 is 20.5. The van der Waals surface area contributed by atoms with Crippen molar-refractivity contribution in [3.05, 3.63) is 0 Å². The van der Waals surface area contributed by atoms with Crippen molar-refractivity contribution in [1.29, 1.82) is 0 Å². The fraction of sp³-hybridized carbons (Fsp3) is 0. The largest absolute Gasteiger partial charge is 3.00 e. The Labute approximate surface area is 166 Å². The van der Waals surface area contributed by atoms with Crippen LogP contribution in [0.1, 0.15) is 0 Å². The van der Waals surface area contributed by atoms with Crippen molar-refractivity contribution in [2.45, 2.75) is 0 Å². The molecular formula is LuO15Si3Y. The molecule has 0 aromatic carbocycles. The molecular weight excluding hydrogens is 588 g/mol. The van der Waals surface area contributed by atoms with Crippen molar-refractivity contribution in [2.75, 3.05) is 0 Å². The molecule has 0 radical (unpaired) electrons. The molecule has 3 aliphatic rings. The van der Waals surface area contributed by atoms with Crippen LogP contribution in [-0.2, 0) is 75.3 Å². The van der Waals surface area contributed by atoms with Crippen LogP contribution in [0.4, 0.5) is 0 Å². The second kappa shape index (κ2) is 10.3. The Kier molecular flexibility index (Phi) is 12.7. The molecule has 3 aliphatic heterocycles. The summed E-state index contributed by atoms with van der Waals surface area (Å²) in [6, 6.07) is 0. The van der Waals surface area contributed by atoms with E-state index in [0.29, 0.717) is 0 Å². The number of hydrogen-bond donors (Lipinski definition) is 0. The molecule has 20 heteroatoms. The first-order valence-electron chi connectivity index (χ1n) is 3.45. The van der Waals surface area contributed by atoms with Crippen LogP contribution in [0, 0.1) is 36.9 Å². The van der Waals surface area contributed by atoms with Gasteiger partial charge in [-0.1, -0.05) is 15.1 Å². The average Bonchev–Trinajstić information content (AvgIpc) is 2.13. The summed E-state index contributed by atoms with van der Waals surface area (Å²) in [6.45, 7) is 0. The maximum Gasteiger partial charge on any atom is 3.00 e. The molecule has 3 saturated heterocycles. The van der Waals surface area contributed by atoms with E-state index in [0.717, 1.165) is 0 Å². The van der Waals surface area contributed by atoms with E-state index in [2.05, 4.69) is 42.6 Å². The van der Waals surface area contributed by atoms with Gasteiger partial charge in [0.2, 0.25) is 0 Å². The van der Waals surface area contributed by atoms with Crippen LogP contribution < -0.4 is 28.8 Å². The molecule has 3 heterocycles. The third-order valence-corrected chi connectivity index (χ3v) is 2.45. The zero-order valence-corrected chi connectivity index (χ0v) is 16.0. The minimum Gasteiger partial charge on any atom is -0.824 e. The van der Waals surface area contributed by atoms with E-state index in [-0.39, 0.29) is 69.6 Å². The van der Waals surface area contributed by atoms with E-state index in [1.165, 1.54) is 0 Å². The fourth-order valence-electron chi connectivity index (χ4n) is 0.269. The molecule has 0 N–H and O–H groups in total. The van der Waals surface area contributed by atoms with Gasteiger partial charge in [0.1, 0.15) is 0 Å². The normalized spacial score (nSPS) is 26.1. The Hall–Kier alpha value is 2.39. The van der Waals surface area contributed by atoms with Crippen LogP contribution >= 0.6 is 0 Å². The maximum atomic E-state index is 9.57. The Balaban J connectivity index is 0. The van der Waals surface area contributed by atoms with Crippen molar-refractivity contribution in [2.24, 2.45) is 0 Å². The van der Waals surface area contributed by atoms with Gasteiger partial charge in [0, 0.05) is 0 Å². The van der Waals surface area contributed by atoms with Gasteiger partial charge >= 0.3 is 69.6 Å². The quantitative estimate of drug-likeness (QED) is 0.189. The first-order valence-corrected chi connectivity index (χ1v) is 8.35. The van der Waals surface area contributed by atoms with Gasteiger partial charge in [-0.05, 0) is 0 Å². The third kappa shape index (κ3) is 11.0. The van der Waals surface area contributed by atoms with Crippen molar-refractivity contribution >= 4 is 27.1 Å². The van der Waals surface area contributed by atoms with E-state index in [4.69, 9.17) is 0 Å². The first kappa shape index (κ1) is 24.6. The summed E-state index contributed by atoms with van der Waals surface area (Å²) in [6.07, 6.45) is 0. The molecule has 3 rings (SSSR count). The minimum atomic E-state index is -4.17. The van der Waals surface area contributed by atoms with E-state index < -0.39 is 27.1 Å². The summed E-state index contributed by atoms with van der Waals surface area (Å²) in [5, 5.41) is 10.1. The molecule has 3 fully saturated rings. The Morgan fingerprint density at radius 2 is 0.550 bits per heavy atom. The Morgan fingerprint density at radius 3 is 0.550 bits per heavy atom. The summed E-state index contributed by atoms with van der Waals surface area (Å²) in [5.74, 6) is 0. The molecule has 0 atom stereocenters. The average molecular weight is 588 g/mol. The zero-order valence-electron chi connectivity index (χ0n) is 8.46. The van der Waals surface area contributed by atoms with Gasteiger partial charge in [-0.2, -0.15) is 0 Å². The van der Waals surface area contributed by atoms with Crippen LogP contribution in [0.5, 0.6) is 0 Å². The van der Waals surface area contributed by atoms with Crippen LogP contribution in [0.25, 0.3) is 0 Å².